The minimum atomic E-state index is -5.03. The molecule has 0 spiro atoms. The van der Waals surface area contributed by atoms with Crippen molar-refractivity contribution in [2.45, 2.75) is 12.8 Å². The van der Waals surface area contributed by atoms with Crippen LogP contribution in [0.15, 0.2) is 85.2 Å². The third-order valence-corrected chi connectivity index (χ3v) is 6.09. The first-order chi connectivity index (χ1) is 20.1. The van der Waals surface area contributed by atoms with Crippen molar-refractivity contribution >= 4 is 17.6 Å². The van der Waals surface area contributed by atoms with Crippen LogP contribution in [0.2, 0.25) is 5.02 Å². The minimum absolute atomic E-state index is 0.128. The van der Waals surface area contributed by atoms with Crippen molar-refractivity contribution in [1.29, 1.82) is 5.26 Å². The van der Waals surface area contributed by atoms with E-state index in [2.05, 4.69) is 15.1 Å². The van der Waals surface area contributed by atoms with E-state index in [1.54, 1.807) is 60.7 Å². The summed E-state index contributed by atoms with van der Waals surface area (Å²) in [5.41, 5.74) is -0.693. The first kappa shape index (κ1) is 28.1. The van der Waals surface area contributed by atoms with Crippen LogP contribution in [-0.4, -0.2) is 30.8 Å². The topological polar surface area (TPSA) is 123 Å². The molecule has 3 aromatic carbocycles. The van der Waals surface area contributed by atoms with Gasteiger partial charge in [-0.15, -0.1) is 0 Å². The summed E-state index contributed by atoms with van der Waals surface area (Å²) >= 11 is 6.20. The zero-order chi connectivity index (χ0) is 29.9. The van der Waals surface area contributed by atoms with E-state index in [4.69, 9.17) is 26.3 Å². The predicted molar refractivity (Wildman–Crippen MR) is 144 cm³/mol. The van der Waals surface area contributed by atoms with Gasteiger partial charge < -0.3 is 14.6 Å². The van der Waals surface area contributed by atoms with Crippen molar-refractivity contribution in [3.8, 4) is 40.5 Å². The molecule has 0 bridgehead atoms. The Hall–Kier alpha value is -5.41. The van der Waals surface area contributed by atoms with E-state index < -0.39 is 29.4 Å². The summed E-state index contributed by atoms with van der Waals surface area (Å²) in [7, 11) is 0. The molecule has 0 amide bonds. The molecule has 0 unspecified atom stereocenters. The van der Waals surface area contributed by atoms with Gasteiger partial charge in [0.15, 0.2) is 5.69 Å². The second kappa shape index (κ2) is 11.6. The molecule has 0 saturated heterocycles. The highest BCUT2D eigenvalue weighted by molar-refractivity contribution is 6.31. The van der Waals surface area contributed by atoms with E-state index in [1.807, 2.05) is 6.07 Å². The van der Waals surface area contributed by atoms with Crippen LogP contribution < -0.4 is 9.47 Å². The number of hydrogen-bond donors (Lipinski definition) is 1. The summed E-state index contributed by atoms with van der Waals surface area (Å²) in [5, 5.41) is 22.0. The number of carboxylic acids is 1. The lowest BCUT2D eigenvalue weighted by atomic mass is 10.1. The molecule has 5 aromatic rings. The van der Waals surface area contributed by atoms with Gasteiger partial charge in [-0.3, -0.25) is 0 Å². The Bertz CT molecular complexity index is 1800. The van der Waals surface area contributed by atoms with E-state index in [0.29, 0.717) is 44.3 Å². The van der Waals surface area contributed by atoms with Gasteiger partial charge in [-0.25, -0.2) is 14.8 Å². The molecule has 0 aliphatic carbocycles. The fourth-order valence-electron chi connectivity index (χ4n) is 3.91. The van der Waals surface area contributed by atoms with Gasteiger partial charge in [-0.1, -0.05) is 23.7 Å². The van der Waals surface area contributed by atoms with Crippen LogP contribution in [0.1, 0.15) is 27.2 Å². The lowest BCUT2D eigenvalue weighted by Gasteiger charge is -2.14. The summed E-state index contributed by atoms with van der Waals surface area (Å²) in [6.07, 6.45) is -3.22. The third kappa shape index (κ3) is 6.16. The van der Waals surface area contributed by atoms with Crippen molar-refractivity contribution in [2.75, 3.05) is 0 Å². The maximum Gasteiger partial charge on any atom is 0.434 e. The molecular formula is C29H17ClF3N5O4. The Morgan fingerprint density at radius 2 is 1.71 bits per heavy atom. The molecule has 1 N–H and O–H groups in total. The van der Waals surface area contributed by atoms with E-state index in [1.165, 1.54) is 18.3 Å². The molecule has 0 radical (unpaired) electrons. The van der Waals surface area contributed by atoms with Gasteiger partial charge in [0.25, 0.3) is 5.95 Å². The lowest BCUT2D eigenvalue weighted by Crippen LogP contribution is -2.18. The zero-order valence-corrected chi connectivity index (χ0v) is 22.0. The zero-order valence-electron chi connectivity index (χ0n) is 21.2. The van der Waals surface area contributed by atoms with Crippen molar-refractivity contribution in [1.82, 2.24) is 19.7 Å². The summed E-state index contributed by atoms with van der Waals surface area (Å²) in [6, 6.07) is 22.0. The Kier molecular flexibility index (Phi) is 7.77. The first-order valence-corrected chi connectivity index (χ1v) is 12.4. The average Bonchev–Trinajstić information content (AvgIpc) is 3.45. The highest BCUT2D eigenvalue weighted by Gasteiger charge is 2.41. The van der Waals surface area contributed by atoms with Crippen molar-refractivity contribution in [3.05, 3.63) is 113 Å². The lowest BCUT2D eigenvalue weighted by molar-refractivity contribution is -0.143. The summed E-state index contributed by atoms with van der Waals surface area (Å²) < 4.78 is 53.3. The molecule has 13 heteroatoms. The molecule has 0 aliphatic rings. The Labute approximate surface area is 241 Å². The van der Waals surface area contributed by atoms with Crippen molar-refractivity contribution < 1.29 is 32.5 Å². The van der Waals surface area contributed by atoms with Crippen LogP contribution >= 0.6 is 11.6 Å². The number of aromatic carboxylic acids is 1. The molecule has 5 rings (SSSR count). The third-order valence-electron chi connectivity index (χ3n) is 5.85. The minimum Gasteiger partial charge on any atom is -0.488 e. The molecule has 0 saturated carbocycles. The van der Waals surface area contributed by atoms with Gasteiger partial charge >= 0.3 is 12.1 Å². The largest absolute Gasteiger partial charge is 0.488 e. The number of carbonyl (C=O) groups is 1. The molecule has 9 nitrogen and oxygen atoms in total. The number of hydrogen-bond acceptors (Lipinski definition) is 7. The van der Waals surface area contributed by atoms with Crippen LogP contribution in [0.4, 0.5) is 13.2 Å². The maximum atomic E-state index is 13.7. The number of carboxylic acid groups (broad SMARTS) is 1. The van der Waals surface area contributed by atoms with Crippen LogP contribution in [0.5, 0.6) is 17.2 Å². The molecule has 210 valence electrons. The Morgan fingerprint density at radius 1 is 1.02 bits per heavy atom. The van der Waals surface area contributed by atoms with E-state index in [0.717, 1.165) is 5.56 Å². The van der Waals surface area contributed by atoms with Crippen LogP contribution in [0.25, 0.3) is 17.2 Å². The number of nitriles is 1. The standard InChI is InChI=1S/C29H17ClF3N5O4/c30-19-5-10-25(41-16-18-3-8-21(9-4-18)42-20-6-1-17(14-34)2-7-20)22(13-19)24-11-12-35-28(37-24)38-26(29(31,32)33)23(15-36-38)27(39)40/h1-13,15H,16H2,(H,39,40). The molecule has 2 aromatic heterocycles. The molecule has 0 atom stereocenters. The fourth-order valence-corrected chi connectivity index (χ4v) is 4.08. The first-order valence-electron chi connectivity index (χ1n) is 12.0. The summed E-state index contributed by atoms with van der Waals surface area (Å²) in [6.45, 7) is 0.128. The van der Waals surface area contributed by atoms with Gasteiger partial charge in [0.1, 0.15) is 29.4 Å². The molecule has 2 heterocycles. The molecule has 0 fully saturated rings. The highest BCUT2D eigenvalue weighted by Crippen LogP contribution is 2.35. The number of alkyl halides is 3. The molecular weight excluding hydrogens is 575 g/mol. The average molecular weight is 592 g/mol. The number of halogens is 4. The normalized spacial score (nSPS) is 11.1. The molecule has 0 aliphatic heterocycles. The second-order valence-corrected chi connectivity index (χ2v) is 9.11. The Morgan fingerprint density at radius 3 is 2.36 bits per heavy atom. The molecule has 42 heavy (non-hydrogen) atoms. The van der Waals surface area contributed by atoms with Crippen molar-refractivity contribution in [2.24, 2.45) is 0 Å². The Balaban J connectivity index is 1.37. The quantitative estimate of drug-likeness (QED) is 0.206. The maximum absolute atomic E-state index is 13.7. The van der Waals surface area contributed by atoms with Gasteiger partial charge in [0, 0.05) is 16.8 Å². The predicted octanol–water partition coefficient (Wildman–Crippen LogP) is 6.94. The van der Waals surface area contributed by atoms with Gasteiger partial charge in [0.2, 0.25) is 0 Å². The fraction of sp³-hybridized carbons (Fsp3) is 0.0690. The monoisotopic (exact) mass is 591 g/mol. The number of nitrogens with zero attached hydrogens (tertiary/aromatic N) is 5. The van der Waals surface area contributed by atoms with Gasteiger partial charge in [-0.05, 0) is 66.2 Å². The highest BCUT2D eigenvalue weighted by atomic mass is 35.5. The number of ether oxygens (including phenoxy) is 2. The SMILES string of the molecule is N#Cc1ccc(Oc2ccc(COc3ccc(Cl)cc3-c3ccnc(-n4ncc(C(=O)O)c4C(F)(F)F)n3)cc2)cc1. The number of rotatable bonds is 8. The summed E-state index contributed by atoms with van der Waals surface area (Å²) in [4.78, 5) is 19.4. The summed E-state index contributed by atoms with van der Waals surface area (Å²) in [5.74, 6) is -0.790. The smallest absolute Gasteiger partial charge is 0.434 e. The van der Waals surface area contributed by atoms with Gasteiger partial charge in [-0.2, -0.15) is 28.2 Å². The van der Waals surface area contributed by atoms with Crippen LogP contribution in [0, 0.1) is 11.3 Å². The van der Waals surface area contributed by atoms with E-state index >= 15 is 0 Å². The number of benzene rings is 3. The second-order valence-electron chi connectivity index (χ2n) is 8.67. The number of aromatic nitrogens is 4. The van der Waals surface area contributed by atoms with E-state index in [9.17, 15) is 23.1 Å². The van der Waals surface area contributed by atoms with Crippen molar-refractivity contribution in [3.63, 3.8) is 0 Å². The van der Waals surface area contributed by atoms with E-state index in [-0.39, 0.29) is 12.3 Å². The van der Waals surface area contributed by atoms with Crippen LogP contribution in [-0.2, 0) is 12.8 Å². The van der Waals surface area contributed by atoms with Gasteiger partial charge in [0.05, 0.1) is 23.5 Å². The van der Waals surface area contributed by atoms with Crippen LogP contribution in [0.3, 0.4) is 0 Å².